The van der Waals surface area contributed by atoms with E-state index in [1.807, 2.05) is 0 Å². The summed E-state index contributed by atoms with van der Waals surface area (Å²) in [5, 5.41) is 24.0. The highest BCUT2D eigenvalue weighted by atomic mass is 32.2. The Morgan fingerprint density at radius 2 is 1.67 bits per heavy atom. The van der Waals surface area contributed by atoms with E-state index in [-0.39, 0.29) is 17.2 Å². The molecular formula is C27H30N6O8S. The lowest BCUT2D eigenvalue weighted by atomic mass is 10.0. The van der Waals surface area contributed by atoms with Crippen molar-refractivity contribution in [1.82, 2.24) is 15.3 Å². The number of carbonyl (C=O) groups excluding carboxylic acids is 1. The van der Waals surface area contributed by atoms with Crippen LogP contribution < -0.4 is 26.0 Å². The van der Waals surface area contributed by atoms with Crippen LogP contribution in [0.3, 0.4) is 0 Å². The maximum absolute atomic E-state index is 13.4. The van der Waals surface area contributed by atoms with Gasteiger partial charge >= 0.3 is 11.9 Å². The number of nitrogens with one attached hydrogen (secondary N) is 2. The van der Waals surface area contributed by atoms with Gasteiger partial charge in [0.25, 0.3) is 5.91 Å². The zero-order valence-electron chi connectivity index (χ0n) is 22.6. The van der Waals surface area contributed by atoms with Crippen molar-refractivity contribution < 1.29 is 37.8 Å². The number of amides is 1. The summed E-state index contributed by atoms with van der Waals surface area (Å²) in [7, 11) is -3.26. The van der Waals surface area contributed by atoms with Crippen LogP contribution in [0, 0.1) is 0 Å². The van der Waals surface area contributed by atoms with Crippen LogP contribution in [0.1, 0.15) is 40.0 Å². The van der Waals surface area contributed by atoms with Gasteiger partial charge in [0, 0.05) is 37.1 Å². The number of carbonyl (C=O) groups is 3. The molecule has 1 saturated heterocycles. The van der Waals surface area contributed by atoms with E-state index in [0.29, 0.717) is 24.8 Å². The molecule has 0 spiro atoms. The van der Waals surface area contributed by atoms with Crippen molar-refractivity contribution in [3.8, 4) is 5.75 Å². The quantitative estimate of drug-likeness (QED) is 0.198. The van der Waals surface area contributed by atoms with E-state index in [1.54, 1.807) is 24.5 Å². The molecule has 0 aliphatic carbocycles. The summed E-state index contributed by atoms with van der Waals surface area (Å²) in [5.74, 6) is -2.89. The van der Waals surface area contributed by atoms with E-state index in [1.165, 1.54) is 19.2 Å². The number of hydrogen-bond donors (Lipinski definition) is 5. The average molecular weight is 599 g/mol. The van der Waals surface area contributed by atoms with Crippen LogP contribution in [-0.2, 0) is 14.6 Å². The SMILES string of the molecule is COc1cc(C(=O)NC(N)(CC(=O)O)S(=O)(=O)c2ccc(C(=O)O)cc2)ccc1N1CCC(Nc2ncccn2)CC1. The van der Waals surface area contributed by atoms with Gasteiger partial charge in [-0.15, -0.1) is 0 Å². The molecule has 42 heavy (non-hydrogen) atoms. The molecule has 0 bridgehead atoms. The standard InChI is InChI=1S/C27H30N6O8S/c1-41-22-15-18(5-8-21(22)33-13-9-19(10-14-33)31-26-29-11-2-12-30-26)24(36)32-27(28,16-23(34)35)42(39,40)20-6-3-17(4-7-20)25(37)38/h2-8,11-12,15,19H,9-10,13-14,16,28H2,1H3,(H,32,36)(H,34,35)(H,37,38)(H,29,30,31). The van der Waals surface area contributed by atoms with Crippen LogP contribution in [-0.4, -0.2) is 77.7 Å². The van der Waals surface area contributed by atoms with Crippen LogP contribution in [0.2, 0.25) is 0 Å². The van der Waals surface area contributed by atoms with E-state index in [4.69, 9.17) is 15.6 Å². The van der Waals surface area contributed by atoms with Gasteiger partial charge in [-0.05, 0) is 61.4 Å². The number of nitrogens with zero attached hydrogens (tertiary/aromatic N) is 3. The minimum atomic E-state index is -4.69. The van der Waals surface area contributed by atoms with Gasteiger partial charge in [-0.25, -0.2) is 23.2 Å². The Hall–Kier alpha value is -4.76. The molecular weight excluding hydrogens is 568 g/mol. The Labute approximate surface area is 241 Å². The van der Waals surface area contributed by atoms with Crippen LogP contribution in [0.15, 0.2) is 65.8 Å². The maximum Gasteiger partial charge on any atom is 0.335 e. The third kappa shape index (κ3) is 6.58. The van der Waals surface area contributed by atoms with Crippen molar-refractivity contribution >= 4 is 39.3 Å². The lowest BCUT2D eigenvalue weighted by Crippen LogP contribution is -2.62. The number of nitrogens with two attached hydrogens (primary N) is 1. The first-order valence-corrected chi connectivity index (χ1v) is 14.3. The summed E-state index contributed by atoms with van der Waals surface area (Å²) >= 11 is 0. The molecule has 1 amide bonds. The fraction of sp³-hybridized carbons (Fsp3) is 0.296. The van der Waals surface area contributed by atoms with Crippen molar-refractivity contribution in [3.05, 3.63) is 72.1 Å². The number of aromatic carboxylic acids is 1. The fourth-order valence-electron chi connectivity index (χ4n) is 4.58. The van der Waals surface area contributed by atoms with Gasteiger partial charge in [0.15, 0.2) is 0 Å². The number of anilines is 2. The minimum Gasteiger partial charge on any atom is -0.495 e. The lowest BCUT2D eigenvalue weighted by molar-refractivity contribution is -0.137. The monoisotopic (exact) mass is 598 g/mol. The number of carboxylic acids is 2. The van der Waals surface area contributed by atoms with Crippen molar-refractivity contribution in [1.29, 1.82) is 0 Å². The first-order valence-electron chi connectivity index (χ1n) is 12.8. The molecule has 1 atom stereocenters. The first-order chi connectivity index (χ1) is 19.9. The second kappa shape index (κ2) is 12.4. The predicted octanol–water partition coefficient (Wildman–Crippen LogP) is 1.56. The second-order valence-corrected chi connectivity index (χ2v) is 11.8. The molecule has 1 aromatic heterocycles. The van der Waals surface area contributed by atoms with Gasteiger partial charge < -0.3 is 30.5 Å². The first kappa shape index (κ1) is 30.2. The number of ether oxygens (including phenoxy) is 1. The molecule has 4 rings (SSSR count). The smallest absolute Gasteiger partial charge is 0.335 e. The molecule has 2 heterocycles. The highest BCUT2D eigenvalue weighted by Crippen LogP contribution is 2.32. The van der Waals surface area contributed by atoms with Gasteiger partial charge in [-0.1, -0.05) is 0 Å². The van der Waals surface area contributed by atoms with Crippen LogP contribution in [0.5, 0.6) is 5.75 Å². The second-order valence-electron chi connectivity index (χ2n) is 9.61. The summed E-state index contributed by atoms with van der Waals surface area (Å²) in [6, 6.07) is 10.5. The number of aromatic nitrogens is 2. The predicted molar refractivity (Wildman–Crippen MR) is 151 cm³/mol. The Bertz CT molecular complexity index is 1560. The number of methoxy groups -OCH3 is 1. The molecule has 222 valence electrons. The van der Waals surface area contributed by atoms with Crippen molar-refractivity contribution in [2.24, 2.45) is 5.73 Å². The minimum absolute atomic E-state index is 0.00924. The normalized spacial score (nSPS) is 15.3. The number of rotatable bonds is 11. The third-order valence-corrected chi connectivity index (χ3v) is 8.90. The zero-order valence-corrected chi connectivity index (χ0v) is 23.4. The molecule has 14 nitrogen and oxygen atoms in total. The molecule has 1 aliphatic heterocycles. The van der Waals surface area contributed by atoms with E-state index in [0.717, 1.165) is 42.8 Å². The molecule has 6 N–H and O–H groups in total. The van der Waals surface area contributed by atoms with E-state index >= 15 is 0 Å². The lowest BCUT2D eigenvalue weighted by Gasteiger charge is -2.34. The summed E-state index contributed by atoms with van der Waals surface area (Å²) in [4.78, 5) is 43.2. The Kier molecular flexibility index (Phi) is 8.92. The topological polar surface area (TPSA) is 214 Å². The molecule has 0 radical (unpaired) electrons. The van der Waals surface area contributed by atoms with Gasteiger partial charge in [-0.2, -0.15) is 0 Å². The third-order valence-electron chi connectivity index (χ3n) is 6.81. The van der Waals surface area contributed by atoms with E-state index in [2.05, 4.69) is 25.5 Å². The van der Waals surface area contributed by atoms with Gasteiger partial charge in [0.05, 0.1) is 29.7 Å². The van der Waals surface area contributed by atoms with Gasteiger partial charge in [0.1, 0.15) is 5.75 Å². The molecule has 15 heteroatoms. The Morgan fingerprint density at radius 3 is 2.24 bits per heavy atom. The van der Waals surface area contributed by atoms with Crippen molar-refractivity contribution in [2.75, 3.05) is 30.4 Å². The number of sulfone groups is 1. The Balaban J connectivity index is 1.51. The van der Waals surface area contributed by atoms with Crippen LogP contribution in [0.4, 0.5) is 11.6 Å². The highest BCUT2D eigenvalue weighted by molar-refractivity contribution is 7.92. The summed E-state index contributed by atoms with van der Waals surface area (Å²) < 4.78 is 32.3. The Morgan fingerprint density at radius 1 is 1.05 bits per heavy atom. The van der Waals surface area contributed by atoms with Gasteiger partial charge in [0.2, 0.25) is 20.8 Å². The summed E-state index contributed by atoms with van der Waals surface area (Å²) in [5.41, 5.74) is 6.59. The largest absolute Gasteiger partial charge is 0.495 e. The maximum atomic E-state index is 13.4. The summed E-state index contributed by atoms with van der Waals surface area (Å²) in [6.45, 7) is 1.35. The average Bonchev–Trinajstić information content (AvgIpc) is 2.97. The van der Waals surface area contributed by atoms with Crippen molar-refractivity contribution in [2.45, 2.75) is 35.2 Å². The zero-order chi connectivity index (χ0) is 30.5. The highest BCUT2D eigenvalue weighted by Gasteiger charge is 2.45. The number of benzene rings is 2. The molecule has 2 aromatic carbocycles. The van der Waals surface area contributed by atoms with E-state index < -0.39 is 44.0 Å². The molecule has 1 unspecified atom stereocenters. The number of piperidine rings is 1. The van der Waals surface area contributed by atoms with Crippen LogP contribution >= 0.6 is 0 Å². The molecule has 3 aromatic rings. The van der Waals surface area contributed by atoms with Crippen molar-refractivity contribution in [3.63, 3.8) is 0 Å². The molecule has 0 saturated carbocycles. The van der Waals surface area contributed by atoms with Crippen LogP contribution in [0.25, 0.3) is 0 Å². The number of hydrogen-bond acceptors (Lipinski definition) is 11. The molecule has 1 aliphatic rings. The fourth-order valence-corrected chi connectivity index (χ4v) is 6.04. The summed E-state index contributed by atoms with van der Waals surface area (Å²) in [6.07, 6.45) is 3.75. The number of carboxylic acid groups (broad SMARTS) is 2. The van der Waals surface area contributed by atoms with E-state index in [9.17, 15) is 27.9 Å². The molecule has 1 fully saturated rings. The van der Waals surface area contributed by atoms with Gasteiger partial charge in [-0.3, -0.25) is 15.3 Å². The number of aliphatic carboxylic acids is 1.